The zero-order chi connectivity index (χ0) is 62.1. The van der Waals surface area contributed by atoms with E-state index < -0.39 is 26.6 Å². The molecule has 0 aromatic carbocycles. The lowest BCUT2D eigenvalue weighted by Crippen LogP contribution is -2.47. The molecule has 1 N–H and O–H groups in total. The molecule has 0 rings (SSSR count). The summed E-state index contributed by atoms with van der Waals surface area (Å²) in [4.78, 5) is 40.1. The number of hydrogen-bond donors (Lipinski definition) is 1. The maximum atomic E-state index is 13.6. The SMILES string of the molecule is CC/C=C\C/C=C\C/C=C\C/C=C\C/C=C\CCCCCCCCCCCCCC(=O)NC(COP(=O)([O-])OCC[N+](C)(C)C)C(/C=C\CCCCCCCCCCC)OC(=O)CCCCCCC/C=C\C/C=C\C/C=C\C/C=C\C/C=C\CC. The van der Waals surface area contributed by atoms with Gasteiger partial charge in [0, 0.05) is 12.8 Å². The Hall–Kier alpha value is -3.85. The van der Waals surface area contributed by atoms with Gasteiger partial charge >= 0.3 is 5.97 Å². The van der Waals surface area contributed by atoms with Gasteiger partial charge in [-0.05, 0) is 122 Å². The first-order valence-corrected chi connectivity index (χ1v) is 36.0. The van der Waals surface area contributed by atoms with Gasteiger partial charge in [-0.1, -0.05) is 277 Å². The fraction of sp³-hybridized carbons (Fsp3) is 0.680. The number of phosphoric acid groups is 1. The van der Waals surface area contributed by atoms with Gasteiger partial charge in [-0.25, -0.2) is 0 Å². The van der Waals surface area contributed by atoms with Crippen molar-refractivity contribution in [3.63, 3.8) is 0 Å². The minimum Gasteiger partial charge on any atom is -0.756 e. The van der Waals surface area contributed by atoms with Gasteiger partial charge in [-0.15, -0.1) is 0 Å². The average molecular weight is 1200 g/mol. The Morgan fingerprint density at radius 1 is 0.424 bits per heavy atom. The number of likely N-dealkylation sites (N-methyl/N-ethyl adjacent to an activating group) is 1. The smallest absolute Gasteiger partial charge is 0.306 e. The van der Waals surface area contributed by atoms with Crippen LogP contribution in [-0.4, -0.2) is 69.4 Å². The van der Waals surface area contributed by atoms with Crippen LogP contribution in [0.25, 0.3) is 0 Å². The van der Waals surface area contributed by atoms with Gasteiger partial charge in [0.05, 0.1) is 33.8 Å². The van der Waals surface area contributed by atoms with E-state index in [-0.39, 0.29) is 24.9 Å². The molecule has 0 spiro atoms. The summed E-state index contributed by atoms with van der Waals surface area (Å²) in [5.41, 5.74) is 0. The second kappa shape index (κ2) is 63.2. The number of allylic oxidation sites excluding steroid dienone is 21. The molecule has 9 nitrogen and oxygen atoms in total. The van der Waals surface area contributed by atoms with Gasteiger partial charge in [-0.2, -0.15) is 0 Å². The first-order valence-electron chi connectivity index (χ1n) is 34.5. The molecule has 0 heterocycles. The van der Waals surface area contributed by atoms with Crippen molar-refractivity contribution in [2.75, 3.05) is 40.9 Å². The highest BCUT2D eigenvalue weighted by molar-refractivity contribution is 7.45. The maximum Gasteiger partial charge on any atom is 0.306 e. The van der Waals surface area contributed by atoms with E-state index in [2.05, 4.69) is 148 Å². The fourth-order valence-corrected chi connectivity index (χ4v) is 10.1. The standard InChI is InChI=1S/C75H129N2O7P/c1-7-10-13-16-19-22-25-27-29-31-33-35-36-37-38-39-40-42-43-45-47-49-52-55-58-61-64-67-74(78)76-72(71-83-85(80,81)82-70-69-77(4,5)6)73(66-63-60-57-54-51-24-21-18-15-12-9-3)84-75(79)68-65-62-59-56-53-50-48-46-44-41-34-32-30-28-26-23-20-17-14-11-8-2/h10-11,13-14,19-20,22-23,27-30,33-35,37-38,41,46,48,63,66,72-73H,7-9,12,15-18,21,24-26,31-32,36,39-40,42-45,47,49-62,64-65,67-71H2,1-6H3,(H-,76,78,80,81)/b13-10-,14-11-,22-19-,23-20-,29-27-,30-28-,35-33-,38-37-,41-34-,48-46-,66-63-. The van der Waals surface area contributed by atoms with Gasteiger partial charge in [0.2, 0.25) is 5.91 Å². The molecule has 0 bridgehead atoms. The number of nitrogens with one attached hydrogen (secondary N) is 1. The molecule has 0 fully saturated rings. The van der Waals surface area contributed by atoms with Gasteiger partial charge in [0.15, 0.2) is 0 Å². The first-order chi connectivity index (χ1) is 41.4. The van der Waals surface area contributed by atoms with E-state index in [1.165, 1.54) is 89.9 Å². The number of hydrogen-bond acceptors (Lipinski definition) is 7. The molecule has 0 aliphatic rings. The Labute approximate surface area is 524 Å². The van der Waals surface area contributed by atoms with E-state index >= 15 is 0 Å². The highest BCUT2D eigenvalue weighted by atomic mass is 31.2. The molecule has 0 aliphatic heterocycles. The lowest BCUT2D eigenvalue weighted by molar-refractivity contribution is -0.870. The molecule has 0 saturated carbocycles. The van der Waals surface area contributed by atoms with Crippen molar-refractivity contribution in [1.82, 2.24) is 5.32 Å². The van der Waals surface area contributed by atoms with Crippen molar-refractivity contribution < 1.29 is 37.3 Å². The molecule has 0 aromatic rings. The van der Waals surface area contributed by atoms with E-state index in [0.29, 0.717) is 23.9 Å². The predicted molar refractivity (Wildman–Crippen MR) is 366 cm³/mol. The van der Waals surface area contributed by atoms with Crippen molar-refractivity contribution in [3.05, 3.63) is 134 Å². The predicted octanol–water partition coefficient (Wildman–Crippen LogP) is 21.4. The van der Waals surface area contributed by atoms with Gasteiger partial charge < -0.3 is 28.5 Å². The third kappa shape index (κ3) is 64.5. The van der Waals surface area contributed by atoms with Crippen LogP contribution in [0.1, 0.15) is 278 Å². The maximum absolute atomic E-state index is 13.6. The van der Waals surface area contributed by atoms with E-state index in [1.807, 2.05) is 33.3 Å². The number of carbonyl (C=O) groups excluding carboxylic acids is 2. The number of phosphoric ester groups is 1. The van der Waals surface area contributed by atoms with Crippen LogP contribution < -0.4 is 10.2 Å². The summed E-state index contributed by atoms with van der Waals surface area (Å²) in [5, 5.41) is 3.03. The third-order valence-electron chi connectivity index (χ3n) is 14.6. The lowest BCUT2D eigenvalue weighted by atomic mass is 10.0. The summed E-state index contributed by atoms with van der Waals surface area (Å²) in [6.07, 6.45) is 90.0. The second-order valence-electron chi connectivity index (χ2n) is 23.9. The van der Waals surface area contributed by atoms with Crippen LogP contribution in [0.15, 0.2) is 134 Å². The van der Waals surface area contributed by atoms with Crippen molar-refractivity contribution in [3.8, 4) is 0 Å². The van der Waals surface area contributed by atoms with Crippen LogP contribution in [0.5, 0.6) is 0 Å². The number of quaternary nitrogens is 1. The molecule has 486 valence electrons. The van der Waals surface area contributed by atoms with Crippen molar-refractivity contribution in [1.29, 1.82) is 0 Å². The quantitative estimate of drug-likeness (QED) is 0.0212. The van der Waals surface area contributed by atoms with Crippen LogP contribution >= 0.6 is 7.82 Å². The molecular formula is C75H129N2O7P. The Kier molecular flexibility index (Phi) is 60.3. The van der Waals surface area contributed by atoms with Crippen molar-refractivity contribution >= 4 is 19.7 Å². The molecule has 1 amide bonds. The number of amides is 1. The molecule has 10 heteroatoms. The monoisotopic (exact) mass is 1200 g/mol. The summed E-state index contributed by atoms with van der Waals surface area (Å²) in [6.45, 7) is 6.59. The highest BCUT2D eigenvalue weighted by Gasteiger charge is 2.27. The number of nitrogens with zero attached hydrogens (tertiary/aromatic N) is 1. The summed E-state index contributed by atoms with van der Waals surface area (Å²) in [7, 11) is 1.15. The Morgan fingerprint density at radius 2 is 0.753 bits per heavy atom. The Balaban J connectivity index is 5.09. The normalized spacial score (nSPS) is 14.4. The highest BCUT2D eigenvalue weighted by Crippen LogP contribution is 2.38. The number of carbonyl (C=O) groups is 2. The van der Waals surface area contributed by atoms with Gasteiger partial charge in [0.25, 0.3) is 7.82 Å². The minimum atomic E-state index is -4.72. The summed E-state index contributed by atoms with van der Waals surface area (Å²) < 4.78 is 30.4. The Bertz CT molecular complexity index is 1920. The molecule has 0 saturated heterocycles. The van der Waals surface area contributed by atoms with E-state index in [4.69, 9.17) is 13.8 Å². The van der Waals surface area contributed by atoms with Crippen LogP contribution in [-0.2, 0) is 27.9 Å². The van der Waals surface area contributed by atoms with Crippen LogP contribution in [0.2, 0.25) is 0 Å². The average Bonchev–Trinajstić information content (AvgIpc) is 3.64. The Morgan fingerprint density at radius 3 is 1.13 bits per heavy atom. The van der Waals surface area contributed by atoms with Crippen LogP contribution in [0.3, 0.4) is 0 Å². The molecule has 3 unspecified atom stereocenters. The zero-order valence-corrected chi connectivity index (χ0v) is 56.4. The molecule has 0 aromatic heterocycles. The summed E-state index contributed by atoms with van der Waals surface area (Å²) in [5.74, 6) is -0.572. The lowest BCUT2D eigenvalue weighted by Gasteiger charge is -2.30. The van der Waals surface area contributed by atoms with Crippen LogP contribution in [0, 0.1) is 0 Å². The van der Waals surface area contributed by atoms with E-state index in [0.717, 1.165) is 148 Å². The summed E-state index contributed by atoms with van der Waals surface area (Å²) in [6, 6.07) is -0.908. The number of ether oxygens (including phenoxy) is 1. The molecular weight excluding hydrogens is 1070 g/mol. The van der Waals surface area contributed by atoms with E-state index in [1.54, 1.807) is 0 Å². The number of rotatable bonds is 61. The van der Waals surface area contributed by atoms with Gasteiger partial charge in [-0.3, -0.25) is 14.2 Å². The summed E-state index contributed by atoms with van der Waals surface area (Å²) >= 11 is 0. The fourth-order valence-electron chi connectivity index (χ4n) is 9.34. The van der Waals surface area contributed by atoms with Crippen molar-refractivity contribution in [2.45, 2.75) is 290 Å². The van der Waals surface area contributed by atoms with Crippen LogP contribution in [0.4, 0.5) is 0 Å². The molecule has 0 radical (unpaired) electrons. The topological polar surface area (TPSA) is 114 Å². The van der Waals surface area contributed by atoms with Gasteiger partial charge in [0.1, 0.15) is 19.3 Å². The molecule has 0 aliphatic carbocycles. The van der Waals surface area contributed by atoms with Crippen molar-refractivity contribution in [2.24, 2.45) is 0 Å². The number of esters is 1. The molecule has 3 atom stereocenters. The second-order valence-corrected chi connectivity index (χ2v) is 25.3. The first kappa shape index (κ1) is 81.2. The zero-order valence-electron chi connectivity index (χ0n) is 55.5. The van der Waals surface area contributed by atoms with E-state index in [9.17, 15) is 19.0 Å². The minimum absolute atomic E-state index is 0.0330. The molecule has 85 heavy (non-hydrogen) atoms. The third-order valence-corrected chi connectivity index (χ3v) is 15.5. The number of unbranched alkanes of at least 4 members (excludes halogenated alkanes) is 25. The largest absolute Gasteiger partial charge is 0.756 e.